The Hall–Kier alpha value is -2.19. The topological polar surface area (TPSA) is 75.7 Å². The maximum Gasteiger partial charge on any atom is 0.264 e. The molecule has 0 atom stereocenters. The van der Waals surface area contributed by atoms with E-state index in [9.17, 15) is 13.2 Å². The summed E-state index contributed by atoms with van der Waals surface area (Å²) in [5.41, 5.74) is 0.405. The number of nitrogens with one attached hydrogen (secondary N) is 1. The van der Waals surface area contributed by atoms with Gasteiger partial charge >= 0.3 is 0 Å². The second-order valence-electron chi connectivity index (χ2n) is 6.81. The van der Waals surface area contributed by atoms with Crippen molar-refractivity contribution in [2.24, 2.45) is 5.92 Å². The first kappa shape index (κ1) is 23.1. The summed E-state index contributed by atoms with van der Waals surface area (Å²) < 4.78 is 33.2. The molecule has 0 saturated carbocycles. The number of nitrogens with zero attached hydrogens (tertiary/aromatic N) is 1. The first-order valence-electron chi connectivity index (χ1n) is 9.44. The van der Waals surface area contributed by atoms with Crippen LogP contribution >= 0.6 is 11.8 Å². The third-order valence-electron chi connectivity index (χ3n) is 4.08. The van der Waals surface area contributed by atoms with Gasteiger partial charge in [0.15, 0.2) is 0 Å². The third kappa shape index (κ3) is 6.40. The molecule has 2 aromatic carbocycles. The van der Waals surface area contributed by atoms with Crippen molar-refractivity contribution in [2.75, 3.05) is 30.3 Å². The Morgan fingerprint density at radius 3 is 2.24 bits per heavy atom. The van der Waals surface area contributed by atoms with Crippen molar-refractivity contribution in [2.45, 2.75) is 30.6 Å². The number of ether oxygens (including phenoxy) is 1. The molecule has 0 unspecified atom stereocenters. The summed E-state index contributed by atoms with van der Waals surface area (Å²) in [6.07, 6.45) is 1.93. The van der Waals surface area contributed by atoms with Crippen LogP contribution in [0, 0.1) is 5.92 Å². The van der Waals surface area contributed by atoms with Crippen molar-refractivity contribution >= 4 is 33.4 Å². The summed E-state index contributed by atoms with van der Waals surface area (Å²) in [4.78, 5) is 13.5. The maximum absolute atomic E-state index is 13.3. The first-order valence-corrected chi connectivity index (χ1v) is 12.1. The summed E-state index contributed by atoms with van der Waals surface area (Å²) in [5, 5.41) is 2.78. The second-order valence-corrected chi connectivity index (χ2v) is 9.55. The summed E-state index contributed by atoms with van der Waals surface area (Å²) in [7, 11) is -3.92. The van der Waals surface area contributed by atoms with Crippen LogP contribution in [0.4, 0.5) is 5.69 Å². The highest BCUT2D eigenvalue weighted by Crippen LogP contribution is 2.27. The molecule has 0 saturated heterocycles. The van der Waals surface area contributed by atoms with Crippen LogP contribution in [0.1, 0.15) is 20.8 Å². The second kappa shape index (κ2) is 10.5. The van der Waals surface area contributed by atoms with Gasteiger partial charge in [0.1, 0.15) is 12.3 Å². The number of amides is 1. The largest absolute Gasteiger partial charge is 0.494 e. The minimum absolute atomic E-state index is 0.140. The fourth-order valence-corrected chi connectivity index (χ4v) is 4.40. The lowest BCUT2D eigenvalue weighted by Crippen LogP contribution is -2.41. The highest BCUT2D eigenvalue weighted by Gasteiger charge is 2.27. The predicted molar refractivity (Wildman–Crippen MR) is 118 cm³/mol. The Balaban J connectivity index is 2.37. The van der Waals surface area contributed by atoms with E-state index in [4.69, 9.17) is 4.74 Å². The average molecular weight is 437 g/mol. The molecule has 0 bridgehead atoms. The highest BCUT2D eigenvalue weighted by atomic mass is 32.2. The van der Waals surface area contributed by atoms with Crippen LogP contribution in [0.5, 0.6) is 5.75 Å². The van der Waals surface area contributed by atoms with Gasteiger partial charge in [0.25, 0.3) is 10.0 Å². The number of carbonyl (C=O) groups is 1. The van der Waals surface area contributed by atoms with Crippen molar-refractivity contribution in [3.05, 3.63) is 48.5 Å². The third-order valence-corrected chi connectivity index (χ3v) is 6.61. The molecule has 1 amide bonds. The Morgan fingerprint density at radius 2 is 1.72 bits per heavy atom. The molecule has 2 aromatic rings. The quantitative estimate of drug-likeness (QED) is 0.574. The molecule has 0 fully saturated rings. The molecular formula is C21H28N2O4S2. The molecule has 6 nitrogen and oxygen atoms in total. The van der Waals surface area contributed by atoms with Crippen LogP contribution < -0.4 is 14.4 Å². The number of benzene rings is 2. The van der Waals surface area contributed by atoms with Gasteiger partial charge in [-0.05, 0) is 67.6 Å². The molecule has 0 aromatic heterocycles. The van der Waals surface area contributed by atoms with Gasteiger partial charge in [-0.3, -0.25) is 9.10 Å². The number of sulfonamides is 1. The van der Waals surface area contributed by atoms with Crippen molar-refractivity contribution in [3.63, 3.8) is 0 Å². The van der Waals surface area contributed by atoms with Gasteiger partial charge in [-0.15, -0.1) is 11.8 Å². The van der Waals surface area contributed by atoms with Gasteiger partial charge < -0.3 is 10.1 Å². The van der Waals surface area contributed by atoms with Gasteiger partial charge in [0.2, 0.25) is 5.91 Å². The summed E-state index contributed by atoms with van der Waals surface area (Å²) in [6, 6.07) is 13.3. The van der Waals surface area contributed by atoms with Crippen LogP contribution in [0.2, 0.25) is 0 Å². The van der Waals surface area contributed by atoms with E-state index in [0.29, 0.717) is 24.6 Å². The van der Waals surface area contributed by atoms with Crippen molar-refractivity contribution in [3.8, 4) is 5.75 Å². The number of hydrogen-bond donors (Lipinski definition) is 1. The van der Waals surface area contributed by atoms with E-state index in [1.165, 1.54) is 11.8 Å². The molecule has 0 heterocycles. The van der Waals surface area contributed by atoms with Gasteiger partial charge in [-0.1, -0.05) is 13.8 Å². The van der Waals surface area contributed by atoms with Crippen molar-refractivity contribution in [1.29, 1.82) is 0 Å². The van der Waals surface area contributed by atoms with E-state index in [1.807, 2.05) is 27.0 Å². The molecule has 2 rings (SSSR count). The van der Waals surface area contributed by atoms with Crippen LogP contribution in [0.3, 0.4) is 0 Å². The van der Waals surface area contributed by atoms with Crippen molar-refractivity contribution < 1.29 is 17.9 Å². The molecule has 29 heavy (non-hydrogen) atoms. The lowest BCUT2D eigenvalue weighted by atomic mass is 10.2. The van der Waals surface area contributed by atoms with Crippen LogP contribution in [-0.2, 0) is 14.8 Å². The first-order chi connectivity index (χ1) is 13.8. The molecule has 1 N–H and O–H groups in total. The Morgan fingerprint density at radius 1 is 1.10 bits per heavy atom. The summed E-state index contributed by atoms with van der Waals surface area (Å²) >= 11 is 1.53. The SMILES string of the molecule is CCOc1ccc(N(CC(=O)NCC(C)C)S(=O)(=O)c2ccc(SC)cc2)cc1. The van der Waals surface area contributed by atoms with E-state index in [0.717, 1.165) is 9.20 Å². The molecule has 0 aliphatic rings. The lowest BCUT2D eigenvalue weighted by Gasteiger charge is -2.24. The molecule has 0 aliphatic heterocycles. The predicted octanol–water partition coefficient (Wildman–Crippen LogP) is 3.77. The maximum atomic E-state index is 13.3. The Labute approximate surface area is 177 Å². The fraction of sp³-hybridized carbons (Fsp3) is 0.381. The number of rotatable bonds is 10. The number of anilines is 1. The standard InChI is InChI=1S/C21H28N2O4S2/c1-5-27-18-8-6-17(7-9-18)23(15-21(24)22-14-16(2)3)29(25,26)20-12-10-19(28-4)11-13-20/h6-13,16H,5,14-15H2,1-4H3,(H,22,24). The number of thioether (sulfide) groups is 1. The average Bonchev–Trinajstić information content (AvgIpc) is 2.71. The monoisotopic (exact) mass is 436 g/mol. The summed E-state index contributed by atoms with van der Waals surface area (Å²) in [6.45, 7) is 6.54. The van der Waals surface area contributed by atoms with Crippen LogP contribution in [-0.4, -0.2) is 40.3 Å². The van der Waals surface area contributed by atoms with Crippen LogP contribution in [0.15, 0.2) is 58.3 Å². The smallest absolute Gasteiger partial charge is 0.264 e. The Kier molecular flexibility index (Phi) is 8.40. The van der Waals surface area contributed by atoms with E-state index >= 15 is 0 Å². The van der Waals surface area contributed by atoms with Gasteiger partial charge in [0, 0.05) is 11.4 Å². The summed E-state index contributed by atoms with van der Waals surface area (Å²) in [5.74, 6) is 0.563. The zero-order valence-electron chi connectivity index (χ0n) is 17.2. The highest BCUT2D eigenvalue weighted by molar-refractivity contribution is 7.98. The number of carbonyl (C=O) groups excluding carboxylic acids is 1. The van der Waals surface area contributed by atoms with Gasteiger partial charge in [-0.2, -0.15) is 0 Å². The fourth-order valence-electron chi connectivity index (χ4n) is 2.57. The molecular weight excluding hydrogens is 408 g/mol. The number of hydrogen-bond acceptors (Lipinski definition) is 5. The molecule has 0 spiro atoms. The molecule has 158 valence electrons. The lowest BCUT2D eigenvalue weighted by molar-refractivity contribution is -0.119. The normalized spacial score (nSPS) is 11.3. The van der Waals surface area contributed by atoms with Gasteiger partial charge in [0.05, 0.1) is 17.2 Å². The minimum atomic E-state index is -3.92. The van der Waals surface area contributed by atoms with E-state index in [2.05, 4.69) is 5.32 Å². The van der Waals surface area contributed by atoms with E-state index in [1.54, 1.807) is 48.5 Å². The zero-order chi connectivity index (χ0) is 21.4. The minimum Gasteiger partial charge on any atom is -0.494 e. The zero-order valence-corrected chi connectivity index (χ0v) is 18.8. The Bertz CT molecular complexity index is 895. The van der Waals surface area contributed by atoms with Crippen molar-refractivity contribution in [1.82, 2.24) is 5.32 Å². The molecule has 0 aliphatic carbocycles. The van der Waals surface area contributed by atoms with Gasteiger partial charge in [-0.25, -0.2) is 8.42 Å². The molecule has 8 heteroatoms. The van der Waals surface area contributed by atoms with Crippen LogP contribution in [0.25, 0.3) is 0 Å². The van der Waals surface area contributed by atoms with E-state index < -0.39 is 10.0 Å². The molecule has 0 radical (unpaired) electrons. The van der Waals surface area contributed by atoms with E-state index in [-0.39, 0.29) is 23.3 Å².